The number of unbranched alkanes of at least 4 members (excludes halogenated alkanes) is 1. The van der Waals surface area contributed by atoms with E-state index in [9.17, 15) is 8.42 Å². The normalized spacial score (nSPS) is 11.3. The van der Waals surface area contributed by atoms with Crippen molar-refractivity contribution in [2.45, 2.75) is 38.5 Å². The van der Waals surface area contributed by atoms with Crippen LogP contribution < -0.4 is 9.46 Å². The van der Waals surface area contributed by atoms with Gasteiger partial charge >= 0.3 is 0 Å². The van der Waals surface area contributed by atoms with E-state index in [1.807, 2.05) is 0 Å². The Morgan fingerprint density at radius 3 is 2.26 bits per heavy atom. The molecular formula is C16H21N3O3S. The number of ether oxygens (including phenoxy) is 1. The minimum atomic E-state index is -3.72. The molecule has 1 N–H and O–H groups in total. The molecule has 0 radical (unpaired) electrons. The summed E-state index contributed by atoms with van der Waals surface area (Å²) in [5, 5.41) is 0. The Morgan fingerprint density at radius 1 is 1.09 bits per heavy atom. The molecule has 0 bridgehead atoms. The maximum absolute atomic E-state index is 12.4. The zero-order valence-corrected chi connectivity index (χ0v) is 14.4. The molecule has 0 spiro atoms. The third kappa shape index (κ3) is 4.92. The Labute approximate surface area is 137 Å². The molecule has 1 aromatic carbocycles. The van der Waals surface area contributed by atoms with Gasteiger partial charge in [-0.25, -0.2) is 23.1 Å². The van der Waals surface area contributed by atoms with Crippen molar-refractivity contribution in [1.82, 2.24) is 9.97 Å². The van der Waals surface area contributed by atoms with Crippen LogP contribution in [0.15, 0.2) is 35.2 Å². The largest absolute Gasteiger partial charge is 0.494 e. The van der Waals surface area contributed by atoms with Crippen molar-refractivity contribution in [1.29, 1.82) is 0 Å². The number of hydrogen-bond acceptors (Lipinski definition) is 5. The van der Waals surface area contributed by atoms with Gasteiger partial charge in [-0.3, -0.25) is 0 Å². The standard InChI is InChI=1S/C16H21N3O3S/c1-4-5-10-22-14-6-8-15(9-7-14)23(20,21)19-16-17-12(2)11-13(3)18-16/h6-9,11H,4-5,10H2,1-3H3,(H,17,18,19). The van der Waals surface area contributed by atoms with Gasteiger partial charge in [-0.15, -0.1) is 0 Å². The Hall–Kier alpha value is -2.15. The van der Waals surface area contributed by atoms with Gasteiger partial charge in [0.25, 0.3) is 10.0 Å². The van der Waals surface area contributed by atoms with E-state index in [0.717, 1.165) is 12.8 Å². The van der Waals surface area contributed by atoms with E-state index < -0.39 is 10.0 Å². The van der Waals surface area contributed by atoms with E-state index in [1.54, 1.807) is 32.0 Å². The van der Waals surface area contributed by atoms with Crippen molar-refractivity contribution in [2.24, 2.45) is 0 Å². The van der Waals surface area contributed by atoms with E-state index in [2.05, 4.69) is 21.6 Å². The number of hydrogen-bond donors (Lipinski definition) is 1. The van der Waals surface area contributed by atoms with Gasteiger partial charge < -0.3 is 4.74 Å². The molecule has 2 aromatic rings. The van der Waals surface area contributed by atoms with E-state index in [0.29, 0.717) is 23.7 Å². The molecule has 0 amide bonds. The first-order chi connectivity index (χ1) is 10.9. The summed E-state index contributed by atoms with van der Waals surface area (Å²) in [7, 11) is -3.72. The average Bonchev–Trinajstić information content (AvgIpc) is 2.46. The highest BCUT2D eigenvalue weighted by Gasteiger charge is 2.16. The van der Waals surface area contributed by atoms with E-state index in [4.69, 9.17) is 4.74 Å². The number of anilines is 1. The first kappa shape index (κ1) is 17.2. The molecule has 1 aromatic heterocycles. The van der Waals surface area contributed by atoms with Gasteiger partial charge in [-0.2, -0.15) is 0 Å². The maximum Gasteiger partial charge on any atom is 0.264 e. The van der Waals surface area contributed by atoms with Crippen molar-refractivity contribution in [2.75, 3.05) is 11.3 Å². The lowest BCUT2D eigenvalue weighted by molar-refractivity contribution is 0.309. The molecule has 0 fully saturated rings. The number of sulfonamides is 1. The molecule has 0 saturated carbocycles. The summed E-state index contributed by atoms with van der Waals surface area (Å²) in [4.78, 5) is 8.31. The van der Waals surface area contributed by atoms with Crippen LogP contribution in [0.5, 0.6) is 5.75 Å². The fourth-order valence-electron chi connectivity index (χ4n) is 2.00. The summed E-state index contributed by atoms with van der Waals surface area (Å²) in [6.45, 7) is 6.28. The van der Waals surface area contributed by atoms with Gasteiger partial charge in [0.15, 0.2) is 0 Å². The highest BCUT2D eigenvalue weighted by Crippen LogP contribution is 2.18. The Balaban J connectivity index is 2.12. The summed E-state index contributed by atoms with van der Waals surface area (Å²) in [6.07, 6.45) is 2.01. The van der Waals surface area contributed by atoms with Gasteiger partial charge in [0.05, 0.1) is 11.5 Å². The summed E-state index contributed by atoms with van der Waals surface area (Å²) in [5.41, 5.74) is 1.41. The Bertz CT molecular complexity index is 738. The van der Waals surface area contributed by atoms with Gasteiger partial charge in [0.1, 0.15) is 5.75 Å². The highest BCUT2D eigenvalue weighted by molar-refractivity contribution is 7.92. The topological polar surface area (TPSA) is 81.2 Å². The molecule has 0 atom stereocenters. The summed E-state index contributed by atoms with van der Waals surface area (Å²) in [5.74, 6) is 0.728. The second-order valence-corrected chi connectivity index (χ2v) is 6.94. The van der Waals surface area contributed by atoms with Crippen molar-refractivity contribution in [3.63, 3.8) is 0 Å². The van der Waals surface area contributed by atoms with Crippen LogP contribution in [-0.4, -0.2) is 25.0 Å². The molecule has 0 saturated heterocycles. The third-order valence-electron chi connectivity index (χ3n) is 3.11. The summed E-state index contributed by atoms with van der Waals surface area (Å²) >= 11 is 0. The quantitative estimate of drug-likeness (QED) is 0.786. The molecular weight excluding hydrogens is 314 g/mol. The molecule has 2 rings (SSSR count). The Morgan fingerprint density at radius 2 is 1.70 bits per heavy atom. The number of aromatic nitrogens is 2. The fourth-order valence-corrected chi connectivity index (χ4v) is 2.94. The van der Waals surface area contributed by atoms with E-state index >= 15 is 0 Å². The van der Waals surface area contributed by atoms with Gasteiger partial charge in [-0.1, -0.05) is 13.3 Å². The zero-order valence-electron chi connectivity index (χ0n) is 13.5. The second-order valence-electron chi connectivity index (χ2n) is 5.25. The van der Waals surface area contributed by atoms with E-state index in [-0.39, 0.29) is 10.8 Å². The second kappa shape index (κ2) is 7.41. The number of aryl methyl sites for hydroxylation is 2. The molecule has 0 unspecified atom stereocenters. The summed E-state index contributed by atoms with van der Waals surface area (Å²) in [6, 6.07) is 8.08. The van der Waals surface area contributed by atoms with Crippen LogP contribution in [0.2, 0.25) is 0 Å². The number of nitrogens with one attached hydrogen (secondary N) is 1. The lowest BCUT2D eigenvalue weighted by Gasteiger charge is -2.09. The monoisotopic (exact) mass is 335 g/mol. The third-order valence-corrected chi connectivity index (χ3v) is 4.45. The maximum atomic E-state index is 12.4. The molecule has 1 heterocycles. The van der Waals surface area contributed by atoms with Gasteiger partial charge in [0, 0.05) is 11.4 Å². The minimum absolute atomic E-state index is 0.0748. The van der Waals surface area contributed by atoms with Crippen LogP contribution in [-0.2, 0) is 10.0 Å². The van der Waals surface area contributed by atoms with Crippen molar-refractivity contribution < 1.29 is 13.2 Å². The molecule has 0 aliphatic rings. The van der Waals surface area contributed by atoms with Crippen LogP contribution in [0.25, 0.3) is 0 Å². The molecule has 7 heteroatoms. The van der Waals surface area contributed by atoms with Gasteiger partial charge in [-0.05, 0) is 50.6 Å². The molecule has 0 aliphatic carbocycles. The Kier molecular flexibility index (Phi) is 5.54. The number of nitrogens with zero attached hydrogens (tertiary/aromatic N) is 2. The number of rotatable bonds is 7. The molecule has 124 valence electrons. The van der Waals surface area contributed by atoms with Gasteiger partial charge in [0.2, 0.25) is 5.95 Å². The van der Waals surface area contributed by atoms with Crippen LogP contribution >= 0.6 is 0 Å². The highest BCUT2D eigenvalue weighted by atomic mass is 32.2. The van der Waals surface area contributed by atoms with Crippen LogP contribution in [0.1, 0.15) is 31.2 Å². The van der Waals surface area contributed by atoms with Crippen molar-refractivity contribution >= 4 is 16.0 Å². The van der Waals surface area contributed by atoms with Crippen LogP contribution in [0.3, 0.4) is 0 Å². The van der Waals surface area contributed by atoms with Crippen molar-refractivity contribution in [3.8, 4) is 5.75 Å². The van der Waals surface area contributed by atoms with E-state index in [1.165, 1.54) is 12.1 Å². The summed E-state index contributed by atoms with van der Waals surface area (Å²) < 4.78 is 32.6. The van der Waals surface area contributed by atoms with Crippen LogP contribution in [0.4, 0.5) is 5.95 Å². The predicted molar refractivity (Wildman–Crippen MR) is 89.2 cm³/mol. The van der Waals surface area contributed by atoms with Crippen LogP contribution in [0, 0.1) is 13.8 Å². The molecule has 23 heavy (non-hydrogen) atoms. The smallest absolute Gasteiger partial charge is 0.264 e. The molecule has 6 nitrogen and oxygen atoms in total. The molecule has 0 aliphatic heterocycles. The lowest BCUT2D eigenvalue weighted by Crippen LogP contribution is -2.15. The first-order valence-electron chi connectivity index (χ1n) is 7.48. The SMILES string of the molecule is CCCCOc1ccc(S(=O)(=O)Nc2nc(C)cc(C)n2)cc1. The minimum Gasteiger partial charge on any atom is -0.494 e. The average molecular weight is 335 g/mol. The predicted octanol–water partition coefficient (Wildman–Crippen LogP) is 3.07. The number of benzene rings is 1. The lowest BCUT2D eigenvalue weighted by atomic mass is 10.3. The first-order valence-corrected chi connectivity index (χ1v) is 8.97. The fraction of sp³-hybridized carbons (Fsp3) is 0.375. The zero-order chi connectivity index (χ0) is 16.9. The van der Waals surface area contributed by atoms with Crippen molar-refractivity contribution in [3.05, 3.63) is 41.7 Å².